The molecule has 0 saturated heterocycles. The maximum absolute atomic E-state index is 10.2. The number of hydrogen-bond acceptors (Lipinski definition) is 4. The third-order valence-electron chi connectivity index (χ3n) is 0.406. The molecular formula is C2H4BClNO3P. The van der Waals surface area contributed by atoms with E-state index in [-0.39, 0.29) is 8.96 Å². The van der Waals surface area contributed by atoms with Crippen molar-refractivity contribution in [2.24, 2.45) is 0 Å². The molecule has 1 N–H and O–H groups in total. The lowest BCUT2D eigenvalue weighted by molar-refractivity contribution is -0.142. The Labute approximate surface area is 59.6 Å². The zero-order valence-corrected chi connectivity index (χ0v) is 6.36. The van der Waals surface area contributed by atoms with Crippen LogP contribution in [0, 0.1) is 0 Å². The Morgan fingerprint density at radius 2 is 2.22 bits per heavy atom. The average molecular weight is 167 g/mol. The van der Waals surface area contributed by atoms with E-state index in [1.54, 1.807) is 7.98 Å². The van der Waals surface area contributed by atoms with Crippen molar-refractivity contribution >= 4 is 39.8 Å². The predicted octanol–water partition coefficient (Wildman–Crippen LogP) is -1.06. The molecule has 7 heteroatoms. The van der Waals surface area contributed by atoms with Gasteiger partial charge >= 0.3 is 11.2 Å². The number of halogens is 1. The molecule has 4 nitrogen and oxygen atoms in total. The highest BCUT2D eigenvalue weighted by Gasteiger charge is 2.09. The highest BCUT2D eigenvalue weighted by molar-refractivity contribution is 7.32. The van der Waals surface area contributed by atoms with Crippen molar-refractivity contribution in [2.45, 2.75) is 0 Å². The summed E-state index contributed by atoms with van der Waals surface area (Å²) < 4.78 is 4.25. The Morgan fingerprint density at radius 3 is 2.56 bits per heavy atom. The van der Waals surface area contributed by atoms with Crippen molar-refractivity contribution in [3.63, 3.8) is 0 Å². The van der Waals surface area contributed by atoms with Gasteiger partial charge in [-0.05, 0) is 11.6 Å². The smallest absolute Gasteiger partial charge is 0.395 e. The van der Waals surface area contributed by atoms with E-state index in [0.717, 1.165) is 0 Å². The van der Waals surface area contributed by atoms with Crippen LogP contribution in [0.3, 0.4) is 0 Å². The average Bonchev–Trinajstić information content (AvgIpc) is 1.82. The van der Waals surface area contributed by atoms with Gasteiger partial charge in [0, 0.05) is 0 Å². The first-order valence-corrected chi connectivity index (χ1v) is 3.29. The van der Waals surface area contributed by atoms with Gasteiger partial charge in [-0.1, -0.05) is 0 Å². The van der Waals surface area contributed by atoms with Crippen LogP contribution in [0.2, 0.25) is 0 Å². The number of hydrogen-bond donors (Lipinski definition) is 1. The molecule has 0 fully saturated rings. The molecule has 0 saturated carbocycles. The molecule has 9 heavy (non-hydrogen) atoms. The molecule has 1 unspecified atom stereocenters. The van der Waals surface area contributed by atoms with Gasteiger partial charge in [-0.2, -0.15) is 0 Å². The largest absolute Gasteiger partial charge is 0.426 e. The summed E-state index contributed by atoms with van der Waals surface area (Å²) in [6.45, 7) is 0. The van der Waals surface area contributed by atoms with Gasteiger partial charge in [-0.15, -0.1) is 0 Å². The monoisotopic (exact) mass is 167 g/mol. The fraction of sp³-hybridized carbons (Fsp3) is 0. The maximum atomic E-state index is 10.2. The molecule has 0 heterocycles. The minimum Gasteiger partial charge on any atom is -0.426 e. The Kier molecular flexibility index (Phi) is 4.67. The Hall–Kier alpha value is -0.115. The standard InChI is InChI=1S/C2H4BClNO3P/c3-5-9-8-2(7)1(4)6/h5,9H,3H2. The quantitative estimate of drug-likeness (QED) is 0.252. The molecule has 0 amide bonds. The van der Waals surface area contributed by atoms with Gasteiger partial charge in [0.15, 0.2) is 7.98 Å². The molecule has 1 atom stereocenters. The summed E-state index contributed by atoms with van der Waals surface area (Å²) in [5, 5.41) is -1.10. The number of rotatable bonds is 3. The molecule has 0 aromatic carbocycles. The summed E-state index contributed by atoms with van der Waals surface area (Å²) in [6, 6.07) is 0. The van der Waals surface area contributed by atoms with Crippen LogP contribution in [0.15, 0.2) is 0 Å². The molecule has 0 spiro atoms. The third-order valence-corrected chi connectivity index (χ3v) is 1.05. The van der Waals surface area contributed by atoms with Crippen LogP contribution in [-0.2, 0) is 14.1 Å². The van der Waals surface area contributed by atoms with Gasteiger partial charge in [0.1, 0.15) is 8.96 Å². The van der Waals surface area contributed by atoms with Crippen molar-refractivity contribution < 1.29 is 14.1 Å². The maximum Gasteiger partial charge on any atom is 0.395 e. The number of nitrogens with one attached hydrogen (secondary N) is 1. The zero-order valence-electron chi connectivity index (χ0n) is 4.60. The molecule has 0 aliphatic carbocycles. The van der Waals surface area contributed by atoms with Crippen LogP contribution >= 0.6 is 20.6 Å². The first kappa shape index (κ1) is 8.88. The van der Waals surface area contributed by atoms with Crippen LogP contribution < -0.4 is 5.00 Å². The lowest BCUT2D eigenvalue weighted by atomic mass is 10.5. The number of carbonyl (C=O) groups is 2. The summed E-state index contributed by atoms with van der Waals surface area (Å²) in [6.07, 6.45) is 0. The highest BCUT2D eigenvalue weighted by atomic mass is 35.5. The number of carbonyl (C=O) groups excluding carboxylic acids is 2. The fourth-order valence-electron chi connectivity index (χ4n) is 0.138. The molecule has 0 aliphatic heterocycles. The van der Waals surface area contributed by atoms with Gasteiger partial charge in [0.05, 0.1) is 0 Å². The van der Waals surface area contributed by atoms with Crippen LogP contribution in [-0.4, -0.2) is 19.2 Å². The van der Waals surface area contributed by atoms with Gasteiger partial charge in [0.25, 0.3) is 0 Å². The van der Waals surface area contributed by atoms with Crippen molar-refractivity contribution in [3.05, 3.63) is 0 Å². The summed E-state index contributed by atoms with van der Waals surface area (Å²) >= 11 is 4.73. The van der Waals surface area contributed by atoms with Crippen molar-refractivity contribution in [2.75, 3.05) is 0 Å². The molecule has 0 bridgehead atoms. The Bertz CT molecular complexity index is 131. The molecular weight excluding hydrogens is 163 g/mol. The molecule has 0 radical (unpaired) electrons. The van der Waals surface area contributed by atoms with Gasteiger partial charge in [-0.3, -0.25) is 4.79 Å². The second-order valence-electron chi connectivity index (χ2n) is 1.02. The summed E-state index contributed by atoms with van der Waals surface area (Å²) in [4.78, 5) is 22.6. The van der Waals surface area contributed by atoms with Crippen LogP contribution in [0.1, 0.15) is 0 Å². The van der Waals surface area contributed by atoms with E-state index in [0.29, 0.717) is 0 Å². The van der Waals surface area contributed by atoms with E-state index in [4.69, 9.17) is 11.6 Å². The Morgan fingerprint density at radius 1 is 1.67 bits per heavy atom. The molecule has 50 valence electrons. The first-order chi connectivity index (χ1) is 4.18. The Balaban J connectivity index is 3.39. The van der Waals surface area contributed by atoms with Crippen LogP contribution in [0.4, 0.5) is 0 Å². The molecule has 0 aromatic heterocycles. The summed E-state index contributed by atoms with van der Waals surface area (Å²) in [5.74, 6) is -1.02. The van der Waals surface area contributed by atoms with E-state index < -0.39 is 11.2 Å². The SMILES string of the molecule is BNPOC(=O)C(=O)Cl. The van der Waals surface area contributed by atoms with Gasteiger partial charge in [0.2, 0.25) is 0 Å². The first-order valence-electron chi connectivity index (χ1n) is 2.01. The second-order valence-corrected chi connectivity index (χ2v) is 2.27. The lowest BCUT2D eigenvalue weighted by Gasteiger charge is -1.95. The van der Waals surface area contributed by atoms with E-state index in [2.05, 4.69) is 9.52 Å². The van der Waals surface area contributed by atoms with E-state index >= 15 is 0 Å². The van der Waals surface area contributed by atoms with Crippen LogP contribution in [0.5, 0.6) is 0 Å². The molecule has 0 aliphatic rings. The molecule has 0 rings (SSSR count). The van der Waals surface area contributed by atoms with Gasteiger partial charge in [-0.25, -0.2) is 4.79 Å². The summed E-state index contributed by atoms with van der Waals surface area (Å²) in [7, 11) is 1.37. The zero-order chi connectivity index (χ0) is 7.28. The fourth-order valence-corrected chi connectivity index (χ4v) is 0.528. The third kappa shape index (κ3) is 4.39. The predicted molar refractivity (Wildman–Crippen MR) is 36.9 cm³/mol. The normalized spacial score (nSPS) is 9.89. The minimum atomic E-state index is -1.10. The highest BCUT2D eigenvalue weighted by Crippen LogP contribution is 2.04. The topological polar surface area (TPSA) is 55.4 Å². The van der Waals surface area contributed by atoms with E-state index in [9.17, 15) is 9.59 Å². The van der Waals surface area contributed by atoms with Crippen molar-refractivity contribution in [1.29, 1.82) is 0 Å². The van der Waals surface area contributed by atoms with Crippen molar-refractivity contribution in [1.82, 2.24) is 5.00 Å². The lowest BCUT2D eigenvalue weighted by Crippen LogP contribution is -2.08. The summed E-state index contributed by atoms with van der Waals surface area (Å²) in [5.41, 5.74) is 0. The van der Waals surface area contributed by atoms with Crippen LogP contribution in [0.25, 0.3) is 0 Å². The molecule has 0 aromatic rings. The van der Waals surface area contributed by atoms with E-state index in [1.807, 2.05) is 0 Å². The minimum absolute atomic E-state index is 0.217. The van der Waals surface area contributed by atoms with E-state index in [1.165, 1.54) is 0 Å². The second kappa shape index (κ2) is 4.73. The van der Waals surface area contributed by atoms with Crippen molar-refractivity contribution in [3.8, 4) is 0 Å². The van der Waals surface area contributed by atoms with Gasteiger partial charge < -0.3 is 9.52 Å².